The molecule has 0 aliphatic rings. The summed E-state index contributed by atoms with van der Waals surface area (Å²) in [6.07, 6.45) is 1.47. The highest BCUT2D eigenvalue weighted by atomic mass is 16.1. The molecule has 1 atom stereocenters. The molecule has 1 aromatic carbocycles. The van der Waals surface area contributed by atoms with E-state index >= 15 is 0 Å². The Morgan fingerprint density at radius 3 is 2.62 bits per heavy atom. The molecule has 0 saturated heterocycles. The third kappa shape index (κ3) is 4.39. The summed E-state index contributed by atoms with van der Waals surface area (Å²) in [6, 6.07) is 9.61. The summed E-state index contributed by atoms with van der Waals surface area (Å²) in [5.74, 6) is -0.362. The van der Waals surface area contributed by atoms with Crippen LogP contribution in [-0.2, 0) is 11.2 Å². The van der Waals surface area contributed by atoms with Gasteiger partial charge < -0.3 is 5.73 Å². The maximum absolute atomic E-state index is 11.1. The van der Waals surface area contributed by atoms with Gasteiger partial charge in [0.2, 0.25) is 5.91 Å². The Bertz CT molecular complexity index is 315. The molecule has 1 amide bonds. The molecule has 5 nitrogen and oxygen atoms in total. The second kappa shape index (κ2) is 6.95. The van der Waals surface area contributed by atoms with Crippen molar-refractivity contribution in [1.82, 2.24) is 16.4 Å². The summed E-state index contributed by atoms with van der Waals surface area (Å²) in [6.45, 7) is 0. The Labute approximate surface area is 95.3 Å². The van der Waals surface area contributed by atoms with Crippen LogP contribution in [0.4, 0.5) is 0 Å². The number of hydrogen-bond acceptors (Lipinski definition) is 4. The number of hydrazine groups is 2. The predicted molar refractivity (Wildman–Crippen MR) is 63.1 cm³/mol. The van der Waals surface area contributed by atoms with Gasteiger partial charge in [0.1, 0.15) is 6.04 Å². The average Bonchev–Trinajstić information content (AvgIpc) is 2.30. The predicted octanol–water partition coefficient (Wildman–Crippen LogP) is -0.298. The van der Waals surface area contributed by atoms with Gasteiger partial charge in [-0.05, 0) is 25.5 Å². The molecule has 0 aromatic heterocycles. The van der Waals surface area contributed by atoms with Crippen LogP contribution >= 0.6 is 0 Å². The largest absolute Gasteiger partial charge is 0.368 e. The zero-order valence-electron chi connectivity index (χ0n) is 9.36. The van der Waals surface area contributed by atoms with Gasteiger partial charge in [0, 0.05) is 0 Å². The summed E-state index contributed by atoms with van der Waals surface area (Å²) in [5.41, 5.74) is 14.6. The third-order valence-corrected chi connectivity index (χ3v) is 2.28. The normalized spacial score (nSPS) is 12.3. The lowest BCUT2D eigenvalue weighted by atomic mass is 10.1. The maximum atomic E-state index is 11.1. The second-order valence-corrected chi connectivity index (χ2v) is 3.50. The van der Waals surface area contributed by atoms with Crippen molar-refractivity contribution < 1.29 is 4.79 Å². The minimum atomic E-state index is -0.382. The van der Waals surface area contributed by atoms with Crippen LogP contribution in [0.3, 0.4) is 0 Å². The zero-order valence-corrected chi connectivity index (χ0v) is 9.36. The van der Waals surface area contributed by atoms with Crippen LogP contribution in [0.1, 0.15) is 12.0 Å². The number of amides is 1. The van der Waals surface area contributed by atoms with Crippen molar-refractivity contribution in [3.63, 3.8) is 0 Å². The fraction of sp³-hybridized carbons (Fsp3) is 0.364. The Kier molecular flexibility index (Phi) is 5.49. The molecular weight excluding hydrogens is 204 g/mol. The molecule has 1 aromatic rings. The lowest BCUT2D eigenvalue weighted by Crippen LogP contribution is -2.52. The molecule has 0 aliphatic heterocycles. The Hall–Kier alpha value is -1.43. The van der Waals surface area contributed by atoms with Crippen molar-refractivity contribution in [2.45, 2.75) is 18.9 Å². The van der Waals surface area contributed by atoms with Gasteiger partial charge in [-0.3, -0.25) is 4.79 Å². The summed E-state index contributed by atoms with van der Waals surface area (Å²) in [5, 5.41) is 0. The first-order valence-corrected chi connectivity index (χ1v) is 5.24. The summed E-state index contributed by atoms with van der Waals surface area (Å²) >= 11 is 0. The summed E-state index contributed by atoms with van der Waals surface area (Å²) in [4.78, 5) is 11.1. The molecule has 16 heavy (non-hydrogen) atoms. The van der Waals surface area contributed by atoms with Crippen LogP contribution in [0, 0.1) is 0 Å². The SMILES string of the molecule is CNNN[C@@H](CCc1ccccc1)C(N)=O. The first-order chi connectivity index (χ1) is 7.74. The highest BCUT2D eigenvalue weighted by Crippen LogP contribution is 2.04. The molecule has 0 unspecified atom stereocenters. The lowest BCUT2D eigenvalue weighted by molar-refractivity contribution is -0.120. The standard InChI is InChI=1S/C11H18N4O/c1-13-15-14-10(11(12)16)8-7-9-5-3-2-4-6-9/h2-6,10,13-15H,7-8H2,1H3,(H2,12,16)/t10-/m0/s1. The van der Waals surface area contributed by atoms with Crippen molar-refractivity contribution in [1.29, 1.82) is 0 Å². The molecule has 5 heteroatoms. The number of rotatable bonds is 7. The third-order valence-electron chi connectivity index (χ3n) is 2.28. The molecule has 0 heterocycles. The summed E-state index contributed by atoms with van der Waals surface area (Å²) < 4.78 is 0. The van der Waals surface area contributed by atoms with Crippen LogP contribution in [0.15, 0.2) is 30.3 Å². The van der Waals surface area contributed by atoms with E-state index in [2.05, 4.69) is 16.4 Å². The van der Waals surface area contributed by atoms with E-state index in [4.69, 9.17) is 5.73 Å². The molecule has 0 spiro atoms. The molecule has 5 N–H and O–H groups in total. The number of benzene rings is 1. The highest BCUT2D eigenvalue weighted by Gasteiger charge is 2.13. The number of carbonyl (C=O) groups is 1. The van der Waals surface area contributed by atoms with E-state index in [0.29, 0.717) is 6.42 Å². The molecule has 0 bridgehead atoms. The Morgan fingerprint density at radius 2 is 2.06 bits per heavy atom. The molecule has 0 radical (unpaired) electrons. The second-order valence-electron chi connectivity index (χ2n) is 3.50. The highest BCUT2D eigenvalue weighted by molar-refractivity contribution is 5.79. The van der Waals surface area contributed by atoms with Gasteiger partial charge >= 0.3 is 0 Å². The Balaban J connectivity index is 2.41. The quantitative estimate of drug-likeness (QED) is 0.478. The van der Waals surface area contributed by atoms with Crippen LogP contribution in [0.5, 0.6) is 0 Å². The fourth-order valence-electron chi connectivity index (χ4n) is 1.40. The van der Waals surface area contributed by atoms with Crippen molar-refractivity contribution >= 4 is 5.91 Å². The smallest absolute Gasteiger partial charge is 0.235 e. The maximum Gasteiger partial charge on any atom is 0.235 e. The number of primary amides is 1. The number of nitrogens with one attached hydrogen (secondary N) is 3. The van der Waals surface area contributed by atoms with E-state index in [1.54, 1.807) is 7.05 Å². The van der Waals surface area contributed by atoms with Crippen LogP contribution < -0.4 is 22.1 Å². The zero-order chi connectivity index (χ0) is 11.8. The van der Waals surface area contributed by atoms with E-state index in [9.17, 15) is 4.79 Å². The fourth-order valence-corrected chi connectivity index (χ4v) is 1.40. The van der Waals surface area contributed by atoms with Crippen LogP contribution in [0.25, 0.3) is 0 Å². The molecule has 0 fully saturated rings. The molecular formula is C11H18N4O. The molecule has 0 saturated carbocycles. The van der Waals surface area contributed by atoms with E-state index in [1.165, 1.54) is 5.56 Å². The number of carbonyl (C=O) groups excluding carboxylic acids is 1. The average molecular weight is 222 g/mol. The monoisotopic (exact) mass is 222 g/mol. The van der Waals surface area contributed by atoms with Gasteiger partial charge in [0.25, 0.3) is 0 Å². The lowest BCUT2D eigenvalue weighted by Gasteiger charge is -2.15. The van der Waals surface area contributed by atoms with Gasteiger partial charge in [0.15, 0.2) is 0 Å². The van der Waals surface area contributed by atoms with Gasteiger partial charge in [0.05, 0.1) is 0 Å². The van der Waals surface area contributed by atoms with Crippen LogP contribution in [0.2, 0.25) is 0 Å². The topological polar surface area (TPSA) is 79.2 Å². The van der Waals surface area contributed by atoms with Crippen molar-refractivity contribution in [2.24, 2.45) is 5.73 Å². The van der Waals surface area contributed by atoms with E-state index in [0.717, 1.165) is 6.42 Å². The van der Waals surface area contributed by atoms with E-state index < -0.39 is 0 Å². The van der Waals surface area contributed by atoms with Gasteiger partial charge in [-0.1, -0.05) is 30.3 Å². The minimum absolute atomic E-state index is 0.362. The summed E-state index contributed by atoms with van der Waals surface area (Å²) in [7, 11) is 1.71. The van der Waals surface area contributed by atoms with Crippen molar-refractivity contribution in [3.8, 4) is 0 Å². The first kappa shape index (κ1) is 12.6. The van der Waals surface area contributed by atoms with Crippen molar-refractivity contribution in [2.75, 3.05) is 7.05 Å². The van der Waals surface area contributed by atoms with Crippen LogP contribution in [-0.4, -0.2) is 19.0 Å². The van der Waals surface area contributed by atoms with Gasteiger partial charge in [-0.15, -0.1) is 0 Å². The minimum Gasteiger partial charge on any atom is -0.368 e. The van der Waals surface area contributed by atoms with Crippen molar-refractivity contribution in [3.05, 3.63) is 35.9 Å². The molecule has 1 rings (SSSR count). The van der Waals surface area contributed by atoms with E-state index in [-0.39, 0.29) is 11.9 Å². The number of nitrogens with two attached hydrogens (primary N) is 1. The molecule has 0 aliphatic carbocycles. The van der Waals surface area contributed by atoms with Gasteiger partial charge in [-0.2, -0.15) is 5.53 Å². The first-order valence-electron chi connectivity index (χ1n) is 5.24. The van der Waals surface area contributed by atoms with Gasteiger partial charge in [-0.25, -0.2) is 10.9 Å². The number of aryl methyl sites for hydroxylation is 1. The molecule has 88 valence electrons. The number of hydrogen-bond donors (Lipinski definition) is 4. The Morgan fingerprint density at radius 1 is 1.38 bits per heavy atom. The van der Waals surface area contributed by atoms with E-state index in [1.807, 2.05) is 30.3 Å².